The monoisotopic (exact) mass is 307 g/mol. The number of alkyl halides is 1. The van der Waals surface area contributed by atoms with Gasteiger partial charge in [-0.3, -0.25) is 9.78 Å². The fourth-order valence-corrected chi connectivity index (χ4v) is 1.36. The minimum absolute atomic E-state index is 0. The molecule has 0 spiro atoms. The highest BCUT2D eigenvalue weighted by Gasteiger charge is 2.07. The van der Waals surface area contributed by atoms with Crippen LogP contribution in [0.3, 0.4) is 0 Å². The molecule has 2 nitrogen and oxygen atoms in total. The number of nitrogens with zero attached hydrogens (tertiary/aromatic N) is 1. The van der Waals surface area contributed by atoms with Crippen LogP contribution in [0.15, 0.2) is 18.5 Å². The predicted octanol–water partition coefficient (Wildman–Crippen LogP) is 2.80. The van der Waals surface area contributed by atoms with Gasteiger partial charge in [-0.2, -0.15) is 0 Å². The number of halogens is 2. The third kappa shape index (κ3) is 3.19. The Kier molecular flexibility index (Phi) is 6.16. The lowest BCUT2D eigenvalue weighted by molar-refractivity contribution is 0.102. The molecule has 0 fully saturated rings. The van der Waals surface area contributed by atoms with Crippen LogP contribution in [-0.2, 0) is 6.42 Å². The number of carbonyl (C=O) groups excluding carboxylic acids is 1. The number of rotatable bonds is 3. The first-order valence-electron chi connectivity index (χ1n) is 3.81. The van der Waals surface area contributed by atoms with Crippen LogP contribution < -0.4 is 0 Å². The van der Waals surface area contributed by atoms with Gasteiger partial charge in [0.2, 0.25) is 0 Å². The zero-order valence-electron chi connectivity index (χ0n) is 7.29. The molecule has 0 N–H and O–H groups in total. The van der Waals surface area contributed by atoms with E-state index >= 15 is 0 Å². The van der Waals surface area contributed by atoms with E-state index in [1.807, 2.05) is 13.0 Å². The number of hydrogen-bond donors (Lipinski definition) is 0. The molecule has 0 bridgehead atoms. The van der Waals surface area contributed by atoms with E-state index in [1.54, 1.807) is 12.4 Å². The molecule has 13 heavy (non-hydrogen) atoms. The number of Topliss-reactive ketones (excluding diaryl/α,β-unsaturated/α-hetero) is 1. The Labute approximate surface area is 96.7 Å². The summed E-state index contributed by atoms with van der Waals surface area (Å²) in [5, 5.41) is 0.367. The summed E-state index contributed by atoms with van der Waals surface area (Å²) in [5.41, 5.74) is 1.80. The van der Waals surface area contributed by atoms with Crippen molar-refractivity contribution in [2.45, 2.75) is 13.3 Å². The molecule has 1 heterocycles. The van der Waals surface area contributed by atoms with Gasteiger partial charge in [0.05, 0.1) is 5.33 Å². The molecule has 1 rings (SSSR count). The normalized spacial score (nSPS) is 9.08. The van der Waals surface area contributed by atoms with Gasteiger partial charge in [0, 0.05) is 18.0 Å². The van der Waals surface area contributed by atoms with Crippen LogP contribution in [0.25, 0.3) is 0 Å². The van der Waals surface area contributed by atoms with E-state index in [1.165, 1.54) is 0 Å². The molecular weight excluding hydrogens is 298 g/mol. The van der Waals surface area contributed by atoms with E-state index in [4.69, 9.17) is 0 Å². The average molecular weight is 309 g/mol. The first-order valence-corrected chi connectivity index (χ1v) is 4.93. The van der Waals surface area contributed by atoms with Crippen molar-refractivity contribution in [3.63, 3.8) is 0 Å². The molecule has 1 aromatic heterocycles. The van der Waals surface area contributed by atoms with E-state index < -0.39 is 0 Å². The van der Waals surface area contributed by atoms with Crippen LogP contribution in [0.4, 0.5) is 0 Å². The van der Waals surface area contributed by atoms with Crippen LogP contribution in [0.1, 0.15) is 22.8 Å². The molecule has 0 aliphatic carbocycles. The lowest BCUT2D eigenvalue weighted by Gasteiger charge is -2.02. The highest BCUT2D eigenvalue weighted by molar-refractivity contribution is 9.09. The second kappa shape index (κ2) is 6.27. The van der Waals surface area contributed by atoms with Crippen LogP contribution in [-0.4, -0.2) is 16.1 Å². The van der Waals surface area contributed by atoms with Gasteiger partial charge in [-0.25, -0.2) is 0 Å². The van der Waals surface area contributed by atoms with E-state index in [-0.39, 0.29) is 22.8 Å². The Hall–Kier alpha value is -0.220. The molecule has 0 unspecified atom stereocenters. The molecular formula is C9H11Br2NO. The topological polar surface area (TPSA) is 30.0 Å². The first-order chi connectivity index (χ1) is 5.79. The molecule has 0 amide bonds. The number of ketones is 1. The van der Waals surface area contributed by atoms with Crippen molar-refractivity contribution in [1.82, 2.24) is 4.98 Å². The van der Waals surface area contributed by atoms with Crippen LogP contribution in [0.5, 0.6) is 0 Å². The molecule has 0 radical (unpaired) electrons. The fourth-order valence-electron chi connectivity index (χ4n) is 1.05. The molecule has 0 aliphatic rings. The summed E-state index contributed by atoms with van der Waals surface area (Å²) in [4.78, 5) is 15.2. The zero-order chi connectivity index (χ0) is 8.97. The molecule has 4 heteroatoms. The predicted molar refractivity (Wildman–Crippen MR) is 62.1 cm³/mol. The Bertz CT molecular complexity index is 289. The van der Waals surface area contributed by atoms with Gasteiger partial charge in [-0.15, -0.1) is 17.0 Å². The van der Waals surface area contributed by atoms with Gasteiger partial charge >= 0.3 is 0 Å². The van der Waals surface area contributed by atoms with E-state index in [0.717, 1.165) is 17.5 Å². The van der Waals surface area contributed by atoms with Gasteiger partial charge in [0.25, 0.3) is 0 Å². The summed E-state index contributed by atoms with van der Waals surface area (Å²) in [6.45, 7) is 2.03. The van der Waals surface area contributed by atoms with Gasteiger partial charge < -0.3 is 0 Å². The minimum Gasteiger partial charge on any atom is -0.293 e. The highest BCUT2D eigenvalue weighted by atomic mass is 79.9. The fraction of sp³-hybridized carbons (Fsp3) is 0.333. The summed E-state index contributed by atoms with van der Waals surface area (Å²) in [7, 11) is 0. The zero-order valence-corrected chi connectivity index (χ0v) is 10.6. The van der Waals surface area contributed by atoms with Crippen molar-refractivity contribution in [2.75, 3.05) is 5.33 Å². The number of aryl methyl sites for hydroxylation is 1. The largest absolute Gasteiger partial charge is 0.293 e. The average Bonchev–Trinajstić information content (AvgIpc) is 2.16. The SMILES string of the molecule is Br.CCc1ccncc1C(=O)CBr. The van der Waals surface area contributed by atoms with Gasteiger partial charge in [0.1, 0.15) is 0 Å². The number of aromatic nitrogens is 1. The Balaban J connectivity index is 0.00000144. The van der Waals surface area contributed by atoms with Crippen LogP contribution in [0, 0.1) is 0 Å². The summed E-state index contributed by atoms with van der Waals surface area (Å²) >= 11 is 3.14. The van der Waals surface area contributed by atoms with Crippen LogP contribution >= 0.6 is 32.9 Å². The van der Waals surface area contributed by atoms with Crippen molar-refractivity contribution >= 4 is 38.7 Å². The molecule has 0 aliphatic heterocycles. The summed E-state index contributed by atoms with van der Waals surface area (Å²) in [6.07, 6.45) is 4.21. The third-order valence-corrected chi connectivity index (χ3v) is 2.22. The highest BCUT2D eigenvalue weighted by Crippen LogP contribution is 2.09. The van der Waals surface area contributed by atoms with Crippen molar-refractivity contribution < 1.29 is 4.79 Å². The van der Waals surface area contributed by atoms with Crippen molar-refractivity contribution in [3.05, 3.63) is 29.6 Å². The quantitative estimate of drug-likeness (QED) is 0.635. The lowest BCUT2D eigenvalue weighted by Crippen LogP contribution is -2.04. The number of carbonyl (C=O) groups is 1. The van der Waals surface area contributed by atoms with Crippen molar-refractivity contribution in [3.8, 4) is 0 Å². The second-order valence-corrected chi connectivity index (χ2v) is 3.00. The standard InChI is InChI=1S/C9H10BrNO.BrH/c1-2-7-3-4-11-6-8(7)9(12)5-10;/h3-4,6H,2,5H2,1H3;1H. The Morgan fingerprint density at radius 3 is 2.85 bits per heavy atom. The maximum atomic E-state index is 11.3. The van der Waals surface area contributed by atoms with Gasteiger partial charge in [-0.05, 0) is 18.1 Å². The second-order valence-electron chi connectivity index (χ2n) is 2.44. The van der Waals surface area contributed by atoms with Crippen LogP contribution in [0.2, 0.25) is 0 Å². The molecule has 0 saturated heterocycles. The molecule has 1 aromatic rings. The smallest absolute Gasteiger partial charge is 0.175 e. The summed E-state index contributed by atoms with van der Waals surface area (Å²) in [5.74, 6) is 0.0972. The molecule has 0 aromatic carbocycles. The molecule has 0 saturated carbocycles. The number of pyridine rings is 1. The van der Waals surface area contributed by atoms with E-state index in [9.17, 15) is 4.79 Å². The van der Waals surface area contributed by atoms with Crippen molar-refractivity contribution in [2.24, 2.45) is 0 Å². The Morgan fingerprint density at radius 2 is 2.31 bits per heavy atom. The third-order valence-electron chi connectivity index (χ3n) is 1.71. The first kappa shape index (κ1) is 12.8. The van der Waals surface area contributed by atoms with Crippen molar-refractivity contribution in [1.29, 1.82) is 0 Å². The van der Waals surface area contributed by atoms with E-state index in [2.05, 4.69) is 20.9 Å². The molecule has 0 atom stereocenters. The lowest BCUT2D eigenvalue weighted by atomic mass is 10.1. The molecule has 72 valence electrons. The minimum atomic E-state index is 0. The van der Waals surface area contributed by atoms with Gasteiger partial charge in [0.15, 0.2) is 5.78 Å². The maximum absolute atomic E-state index is 11.3. The van der Waals surface area contributed by atoms with E-state index in [0.29, 0.717) is 5.33 Å². The summed E-state index contributed by atoms with van der Waals surface area (Å²) in [6, 6.07) is 1.88. The Morgan fingerprint density at radius 1 is 1.62 bits per heavy atom. The summed E-state index contributed by atoms with van der Waals surface area (Å²) < 4.78 is 0. The van der Waals surface area contributed by atoms with Gasteiger partial charge in [-0.1, -0.05) is 22.9 Å². The maximum Gasteiger partial charge on any atom is 0.175 e. The number of hydrogen-bond acceptors (Lipinski definition) is 2.